The first kappa shape index (κ1) is 20.9. The molecule has 2 atom stereocenters. The highest BCUT2D eigenvalue weighted by atomic mass is 16.2. The van der Waals surface area contributed by atoms with Gasteiger partial charge in [0.05, 0.1) is 6.04 Å². The number of carbonyl (C=O) groups excluding carboxylic acids is 3. The van der Waals surface area contributed by atoms with Gasteiger partial charge < -0.3 is 10.6 Å². The molecule has 0 heterocycles. The van der Waals surface area contributed by atoms with Crippen LogP contribution < -0.4 is 10.6 Å². The zero-order valence-corrected chi connectivity index (χ0v) is 15.9. The largest absolute Gasteiger partial charge is 0.346 e. The van der Waals surface area contributed by atoms with Crippen LogP contribution in [0.15, 0.2) is 24.3 Å². The van der Waals surface area contributed by atoms with Crippen LogP contribution in [0.5, 0.6) is 0 Å². The Bertz CT molecular complexity index is 593. The first-order valence-corrected chi connectivity index (χ1v) is 9.00. The Kier molecular flexibility index (Phi) is 8.32. The van der Waals surface area contributed by atoms with Gasteiger partial charge in [-0.1, -0.05) is 46.8 Å². The van der Waals surface area contributed by atoms with E-state index in [-0.39, 0.29) is 29.9 Å². The summed E-state index contributed by atoms with van der Waals surface area (Å²) in [7, 11) is 0. The normalized spacial score (nSPS) is 13.2. The number of aryl methyl sites for hydroxylation is 1. The molecule has 5 heteroatoms. The molecule has 0 aromatic heterocycles. The Morgan fingerprint density at radius 1 is 1.00 bits per heavy atom. The smallest absolute Gasteiger partial charge is 0.227 e. The van der Waals surface area contributed by atoms with Crippen LogP contribution in [0, 0.1) is 11.8 Å². The lowest BCUT2D eigenvalue weighted by molar-refractivity contribution is -0.130. The van der Waals surface area contributed by atoms with Gasteiger partial charge in [-0.3, -0.25) is 14.4 Å². The maximum atomic E-state index is 12.5. The van der Waals surface area contributed by atoms with Gasteiger partial charge in [0.25, 0.3) is 0 Å². The molecule has 138 valence electrons. The van der Waals surface area contributed by atoms with Crippen molar-refractivity contribution in [1.82, 2.24) is 5.32 Å². The lowest BCUT2D eigenvalue weighted by Gasteiger charge is -2.22. The maximum absolute atomic E-state index is 12.5. The van der Waals surface area contributed by atoms with Crippen LogP contribution in [0.3, 0.4) is 0 Å². The van der Waals surface area contributed by atoms with Gasteiger partial charge in [0.15, 0.2) is 5.78 Å². The molecular formula is C20H30N2O3. The van der Waals surface area contributed by atoms with Crippen molar-refractivity contribution in [2.24, 2.45) is 11.8 Å². The molecule has 2 amide bonds. The Morgan fingerprint density at radius 2 is 1.60 bits per heavy atom. The number of hydrogen-bond acceptors (Lipinski definition) is 3. The summed E-state index contributed by atoms with van der Waals surface area (Å²) in [4.78, 5) is 36.4. The van der Waals surface area contributed by atoms with E-state index in [4.69, 9.17) is 0 Å². The van der Waals surface area contributed by atoms with Crippen LogP contribution in [0.1, 0.15) is 53.0 Å². The molecule has 25 heavy (non-hydrogen) atoms. The van der Waals surface area contributed by atoms with E-state index in [2.05, 4.69) is 17.6 Å². The van der Waals surface area contributed by atoms with Crippen LogP contribution >= 0.6 is 0 Å². The number of amides is 2. The third kappa shape index (κ3) is 6.69. The average Bonchev–Trinajstić information content (AvgIpc) is 2.59. The quantitative estimate of drug-likeness (QED) is 0.720. The highest BCUT2D eigenvalue weighted by Crippen LogP contribution is 2.15. The number of anilines is 1. The van der Waals surface area contributed by atoms with Crippen molar-refractivity contribution >= 4 is 23.3 Å². The number of carbonyl (C=O) groups is 3. The molecule has 0 saturated carbocycles. The third-order valence-corrected chi connectivity index (χ3v) is 4.24. The van der Waals surface area contributed by atoms with Crippen LogP contribution in [0.4, 0.5) is 5.69 Å². The molecule has 1 rings (SSSR count). The molecule has 1 aromatic carbocycles. The van der Waals surface area contributed by atoms with Gasteiger partial charge in [-0.2, -0.15) is 0 Å². The Balaban J connectivity index is 2.64. The molecule has 5 nitrogen and oxygen atoms in total. The highest BCUT2D eigenvalue weighted by molar-refractivity contribution is 5.97. The molecular weight excluding hydrogens is 316 g/mol. The topological polar surface area (TPSA) is 75.3 Å². The summed E-state index contributed by atoms with van der Waals surface area (Å²) < 4.78 is 0. The first-order chi connectivity index (χ1) is 11.8. The van der Waals surface area contributed by atoms with Crippen molar-refractivity contribution in [2.45, 2.75) is 59.9 Å². The number of ketones is 1. The molecule has 0 aliphatic rings. The van der Waals surface area contributed by atoms with E-state index in [1.165, 1.54) is 5.56 Å². The van der Waals surface area contributed by atoms with E-state index >= 15 is 0 Å². The van der Waals surface area contributed by atoms with Crippen molar-refractivity contribution in [3.63, 3.8) is 0 Å². The van der Waals surface area contributed by atoms with Crippen molar-refractivity contribution in [3.05, 3.63) is 29.8 Å². The monoisotopic (exact) mass is 346 g/mol. The number of benzene rings is 1. The van der Waals surface area contributed by atoms with Gasteiger partial charge in [0.2, 0.25) is 11.8 Å². The molecule has 1 aromatic rings. The van der Waals surface area contributed by atoms with E-state index in [9.17, 15) is 14.4 Å². The van der Waals surface area contributed by atoms with E-state index in [0.29, 0.717) is 6.42 Å². The fourth-order valence-electron chi connectivity index (χ4n) is 2.51. The molecule has 0 unspecified atom stereocenters. The van der Waals surface area contributed by atoms with Gasteiger partial charge in [-0.05, 0) is 30.0 Å². The molecule has 0 aliphatic heterocycles. The number of hydrogen-bond donors (Lipinski definition) is 2. The van der Waals surface area contributed by atoms with E-state index in [1.807, 2.05) is 38.1 Å². The van der Waals surface area contributed by atoms with Gasteiger partial charge in [0.1, 0.15) is 0 Å². The minimum atomic E-state index is -0.550. The summed E-state index contributed by atoms with van der Waals surface area (Å²) in [5.74, 6) is -0.930. The van der Waals surface area contributed by atoms with Gasteiger partial charge in [0, 0.05) is 24.4 Å². The first-order valence-electron chi connectivity index (χ1n) is 9.00. The summed E-state index contributed by atoms with van der Waals surface area (Å²) in [5.41, 5.74) is 1.92. The molecule has 0 saturated heterocycles. The molecule has 0 aliphatic carbocycles. The fourth-order valence-corrected chi connectivity index (χ4v) is 2.51. The molecule has 0 radical (unpaired) electrons. The van der Waals surface area contributed by atoms with E-state index < -0.39 is 12.0 Å². The van der Waals surface area contributed by atoms with Crippen LogP contribution in [-0.2, 0) is 20.8 Å². The standard InChI is InChI=1S/C20H30N2O3/c1-6-15-8-10-16(11-9-15)21-20(25)14(5)12-17(23)19(13(3)4)22-18(24)7-2/h8-11,13-14,19H,6-7,12H2,1-5H3,(H,21,25)(H,22,24)/t14-,19+/m1/s1. The highest BCUT2D eigenvalue weighted by Gasteiger charge is 2.27. The third-order valence-electron chi connectivity index (χ3n) is 4.24. The zero-order valence-electron chi connectivity index (χ0n) is 15.9. The Morgan fingerprint density at radius 3 is 2.08 bits per heavy atom. The van der Waals surface area contributed by atoms with Crippen molar-refractivity contribution in [1.29, 1.82) is 0 Å². The van der Waals surface area contributed by atoms with Gasteiger partial charge in [-0.15, -0.1) is 0 Å². The molecule has 2 N–H and O–H groups in total. The Labute approximate surface area is 150 Å². The van der Waals surface area contributed by atoms with Crippen LogP contribution in [0.25, 0.3) is 0 Å². The van der Waals surface area contributed by atoms with E-state index in [1.54, 1.807) is 13.8 Å². The van der Waals surface area contributed by atoms with Crippen LogP contribution in [-0.4, -0.2) is 23.6 Å². The summed E-state index contributed by atoms with van der Waals surface area (Å²) in [6.45, 7) is 9.32. The average molecular weight is 346 g/mol. The number of Topliss-reactive ketones (excluding diaryl/α,β-unsaturated/α-hetero) is 1. The SMILES string of the molecule is CCC(=O)N[C@H](C(=O)C[C@@H](C)C(=O)Nc1ccc(CC)cc1)C(C)C. The molecule has 0 bridgehead atoms. The zero-order chi connectivity index (χ0) is 19.0. The van der Waals surface area contributed by atoms with E-state index in [0.717, 1.165) is 12.1 Å². The molecule has 0 spiro atoms. The fraction of sp³-hybridized carbons (Fsp3) is 0.550. The van der Waals surface area contributed by atoms with Crippen LogP contribution in [0.2, 0.25) is 0 Å². The minimum absolute atomic E-state index is 0.0140. The molecule has 0 fully saturated rings. The van der Waals surface area contributed by atoms with Crippen molar-refractivity contribution in [2.75, 3.05) is 5.32 Å². The summed E-state index contributed by atoms with van der Waals surface area (Å²) in [5, 5.41) is 5.59. The second-order valence-corrected chi connectivity index (χ2v) is 6.75. The van der Waals surface area contributed by atoms with Crippen molar-refractivity contribution in [3.8, 4) is 0 Å². The Hall–Kier alpha value is -2.17. The van der Waals surface area contributed by atoms with Gasteiger partial charge >= 0.3 is 0 Å². The minimum Gasteiger partial charge on any atom is -0.346 e. The maximum Gasteiger partial charge on any atom is 0.227 e. The van der Waals surface area contributed by atoms with Gasteiger partial charge in [-0.25, -0.2) is 0 Å². The van der Waals surface area contributed by atoms with Crippen molar-refractivity contribution < 1.29 is 14.4 Å². The summed E-state index contributed by atoms with van der Waals surface area (Å²) >= 11 is 0. The predicted molar refractivity (Wildman–Crippen MR) is 100 cm³/mol. The lowest BCUT2D eigenvalue weighted by Crippen LogP contribution is -2.45. The second kappa shape index (κ2) is 9.97. The second-order valence-electron chi connectivity index (χ2n) is 6.75. The number of rotatable bonds is 9. The summed E-state index contributed by atoms with van der Waals surface area (Å²) in [6, 6.07) is 7.13. The number of nitrogens with one attached hydrogen (secondary N) is 2. The lowest BCUT2D eigenvalue weighted by atomic mass is 9.92. The predicted octanol–water partition coefficient (Wildman–Crippen LogP) is 3.33. The summed E-state index contributed by atoms with van der Waals surface area (Å²) in [6.07, 6.45) is 1.38.